The van der Waals surface area contributed by atoms with E-state index in [9.17, 15) is 33.6 Å². The molecule has 13 atom stereocenters. The summed E-state index contributed by atoms with van der Waals surface area (Å²) < 4.78 is -1.59. The van der Waals surface area contributed by atoms with Gasteiger partial charge in [0, 0.05) is 19.5 Å². The standard InChI is InChI=1S/C81H125N15O12S2/c1-46(2)41-59-73(102)87-58(32-17-21-38-85)72(101)94-67(49(7)8)79(108)95-39-23-33-62(95)68(97)64-44-53-51-27-22-28-52(51)54-45-65(110-81(54,10)80(53,9)109-64)76(105)91-60(42-47(3)4)74(103)86-57(31-16-20-37-84)71(100)93-66(48(5)6)77(106)89-56(30-15-19-36-83)70(99)92-61(43-50-25-12-11-13-26-50)78(107)96-40-24-34-63(96)75(104)88-55(69(98)90-59)29-14-18-35-82/h11-13,25-26,44-49,55-63,66-67H,14-24,27-43,82-85H2,1-10H3,(H,86,103)(H,87,102)(H,88,104)(H,89,106)(H,90,98)(H,91,105)(H,92,99)(H,93,100)(H,94,101)/t55-,56-,57-,58-,59-,60-,61+,62+,63-,66-,67-,80-,81-/m0/s1. The van der Waals surface area contributed by atoms with E-state index in [2.05, 4.69) is 61.7 Å². The Labute approximate surface area is 658 Å². The monoisotopic (exact) mass is 1560 g/mol. The van der Waals surface area contributed by atoms with E-state index in [0.29, 0.717) is 99.1 Å². The summed E-state index contributed by atoms with van der Waals surface area (Å²) in [7, 11) is 0. The fourth-order valence-electron chi connectivity index (χ4n) is 16.2. The van der Waals surface area contributed by atoms with Crippen LogP contribution in [0.4, 0.5) is 0 Å². The molecule has 0 spiro atoms. The highest BCUT2D eigenvalue weighted by molar-refractivity contribution is 8.10. The zero-order chi connectivity index (χ0) is 80.3. The molecule has 4 bridgehead atoms. The van der Waals surface area contributed by atoms with Gasteiger partial charge in [-0.2, -0.15) is 0 Å². The van der Waals surface area contributed by atoms with Gasteiger partial charge in [0.05, 0.1) is 25.3 Å². The Bertz CT molecular complexity index is 3640. The predicted octanol–water partition coefficient (Wildman–Crippen LogP) is 4.65. The Morgan fingerprint density at radius 1 is 0.418 bits per heavy atom. The first-order chi connectivity index (χ1) is 52.4. The topological polar surface area (TPSA) is 424 Å². The zero-order valence-corrected chi connectivity index (χ0v) is 68.1. The first-order valence-electron chi connectivity index (χ1n) is 40.4. The van der Waals surface area contributed by atoms with Crippen molar-refractivity contribution in [2.45, 2.75) is 286 Å². The molecule has 11 amide bonds. The average molecular weight is 1570 g/mol. The molecule has 27 nitrogen and oxygen atoms in total. The largest absolute Gasteiger partial charge is 0.343 e. The third-order valence-electron chi connectivity index (χ3n) is 22.5. The van der Waals surface area contributed by atoms with Gasteiger partial charge in [0.15, 0.2) is 5.78 Å². The number of thioether (sulfide) groups is 2. The normalized spacial score (nSPS) is 29.0. The number of nitrogens with two attached hydrogens (primary N) is 4. The van der Waals surface area contributed by atoms with E-state index in [1.807, 2.05) is 45.9 Å². The summed E-state index contributed by atoms with van der Waals surface area (Å²) in [6.07, 6.45) is 12.1. The summed E-state index contributed by atoms with van der Waals surface area (Å²) in [5, 5.41) is 26.4. The predicted molar refractivity (Wildman–Crippen MR) is 428 cm³/mol. The van der Waals surface area contributed by atoms with Gasteiger partial charge in [-0.3, -0.25) is 57.5 Å². The number of fused-ring (bicyclic) bond motifs is 5. The summed E-state index contributed by atoms with van der Waals surface area (Å²) in [6, 6.07) is -3.91. The maximum atomic E-state index is 15.4. The van der Waals surface area contributed by atoms with Crippen LogP contribution in [0.5, 0.6) is 0 Å². The lowest BCUT2D eigenvalue weighted by Crippen LogP contribution is -2.61. The second-order valence-corrected chi connectivity index (χ2v) is 35.5. The van der Waals surface area contributed by atoms with Crippen LogP contribution >= 0.6 is 23.5 Å². The number of amides is 11. The quantitative estimate of drug-likeness (QED) is 0.0627. The van der Waals surface area contributed by atoms with Crippen LogP contribution in [0.25, 0.3) is 0 Å². The van der Waals surface area contributed by atoms with Gasteiger partial charge >= 0.3 is 0 Å². The van der Waals surface area contributed by atoms with Gasteiger partial charge < -0.3 is 80.6 Å². The Morgan fingerprint density at radius 3 is 1.26 bits per heavy atom. The number of benzene rings is 1. The molecule has 0 aromatic heterocycles. The smallest absolute Gasteiger partial charge is 0.258 e. The number of ketones is 1. The van der Waals surface area contributed by atoms with Crippen LogP contribution in [-0.2, 0) is 64.0 Å². The number of carbonyl (C=O) groups is 12. The Kier molecular flexibility index (Phi) is 32.7. The minimum atomic E-state index is -1.29. The molecule has 5 heterocycles. The van der Waals surface area contributed by atoms with E-state index in [1.54, 1.807) is 56.9 Å². The number of Topliss-reactive ketones (excluding diaryl/α,β-unsaturated/α-hetero) is 1. The van der Waals surface area contributed by atoms with Gasteiger partial charge in [0.25, 0.3) is 5.91 Å². The number of nitrogens with zero attached hydrogens (tertiary/aromatic N) is 2. The molecule has 1 saturated carbocycles. The van der Waals surface area contributed by atoms with Crippen molar-refractivity contribution in [1.29, 1.82) is 0 Å². The lowest BCUT2D eigenvalue weighted by molar-refractivity contribution is -0.142. The molecule has 1 aromatic rings. The van der Waals surface area contributed by atoms with Gasteiger partial charge in [-0.05, 0) is 239 Å². The second kappa shape index (κ2) is 40.8. The number of allylic oxidation sites excluding steroid dienone is 4. The number of unbranched alkanes of at least 4 members (excludes halogenated alkanes) is 4. The van der Waals surface area contributed by atoms with Gasteiger partial charge in [-0.1, -0.05) is 85.7 Å². The lowest BCUT2D eigenvalue weighted by Gasteiger charge is -2.47. The third-order valence-corrected chi connectivity index (χ3v) is 25.8. The maximum Gasteiger partial charge on any atom is 0.258 e. The molecule has 5 aliphatic heterocycles. The summed E-state index contributed by atoms with van der Waals surface area (Å²) in [5.41, 5.74) is 28.7. The molecule has 608 valence electrons. The summed E-state index contributed by atoms with van der Waals surface area (Å²) in [4.78, 5) is 184. The van der Waals surface area contributed by atoms with Crippen molar-refractivity contribution in [2.75, 3.05) is 39.3 Å². The first-order valence-corrected chi connectivity index (χ1v) is 42.1. The van der Waals surface area contributed by atoms with Crippen molar-refractivity contribution in [1.82, 2.24) is 57.7 Å². The fraction of sp³-hybridized carbons (Fsp3) is 0.679. The minimum absolute atomic E-state index is 0.0219. The van der Waals surface area contributed by atoms with Crippen molar-refractivity contribution >= 4 is 94.3 Å². The van der Waals surface area contributed by atoms with Crippen LogP contribution in [0.2, 0.25) is 0 Å². The van der Waals surface area contributed by atoms with Crippen LogP contribution in [0.3, 0.4) is 0 Å². The average Bonchev–Trinajstić information content (AvgIpc) is 1.53. The first kappa shape index (κ1) is 88.1. The van der Waals surface area contributed by atoms with E-state index in [1.165, 1.54) is 28.4 Å². The molecule has 7 aliphatic rings. The number of rotatable bonds is 24. The molecule has 29 heteroatoms. The van der Waals surface area contributed by atoms with Crippen LogP contribution < -0.4 is 70.8 Å². The van der Waals surface area contributed by atoms with Gasteiger partial charge in [-0.25, -0.2) is 0 Å². The zero-order valence-electron chi connectivity index (χ0n) is 66.4. The molecule has 1 aromatic carbocycles. The SMILES string of the molecule is CC(C)C[C@@H]1NC(=O)C2=CC3=C4CCCC4=C4C=C(S[C@]4(C)[C@@]3(C)S2)C(=O)[C@H]2CCCN2C(=O)[C@H](C(C)C)NC(=O)[C@H](CCCCN)NC(=O)[C@H](CC(C)C)NC(=O)[C@H](CCCCN)NC(=O)[C@@H]2CCCN2C(=O)[C@@H](Cc2ccccc2)NC(=O)[C@H](CCCCN)NC(=O)[C@H](C(C)C)NC(=O)[C@H](CCCCN)NC1=O. The fourth-order valence-corrected chi connectivity index (χ4v) is 19.3. The van der Waals surface area contributed by atoms with Gasteiger partial charge in [-0.15, -0.1) is 23.5 Å². The lowest BCUT2D eigenvalue weighted by atomic mass is 9.72. The molecule has 8 rings (SSSR count). The summed E-state index contributed by atoms with van der Waals surface area (Å²) in [5.74, 6) is -8.48. The number of nitrogens with one attached hydrogen (secondary N) is 9. The Morgan fingerprint density at radius 2 is 0.800 bits per heavy atom. The Hall–Kier alpha value is -7.44. The van der Waals surface area contributed by atoms with Gasteiger partial charge in [0.1, 0.15) is 60.4 Å². The van der Waals surface area contributed by atoms with E-state index >= 15 is 24.0 Å². The second-order valence-electron chi connectivity index (χ2n) is 32.6. The van der Waals surface area contributed by atoms with Crippen molar-refractivity contribution in [3.05, 3.63) is 80.2 Å². The van der Waals surface area contributed by atoms with Crippen molar-refractivity contribution < 1.29 is 57.5 Å². The molecule has 4 fully saturated rings. The van der Waals surface area contributed by atoms with Gasteiger partial charge in [0.2, 0.25) is 59.1 Å². The highest BCUT2D eigenvalue weighted by Crippen LogP contribution is 2.68. The van der Waals surface area contributed by atoms with Crippen molar-refractivity contribution in [3.63, 3.8) is 0 Å². The molecule has 2 aliphatic carbocycles. The highest BCUT2D eigenvalue weighted by Gasteiger charge is 2.61. The Balaban J connectivity index is 1.16. The van der Waals surface area contributed by atoms with E-state index in [4.69, 9.17) is 22.9 Å². The molecule has 3 saturated heterocycles. The molecule has 17 N–H and O–H groups in total. The molecular formula is C81H125N15O12S2. The van der Waals surface area contributed by atoms with Crippen molar-refractivity contribution in [2.24, 2.45) is 46.6 Å². The van der Waals surface area contributed by atoms with Crippen LogP contribution in [0.1, 0.15) is 210 Å². The van der Waals surface area contributed by atoms with Crippen LogP contribution in [-0.4, -0.2) is 196 Å². The van der Waals surface area contributed by atoms with E-state index in [-0.39, 0.29) is 95.2 Å². The maximum absolute atomic E-state index is 15.4. The molecule has 0 unspecified atom stereocenters. The summed E-state index contributed by atoms with van der Waals surface area (Å²) in [6.45, 7) is 20.4. The molecule has 0 radical (unpaired) electrons. The van der Waals surface area contributed by atoms with Crippen molar-refractivity contribution in [3.8, 4) is 0 Å². The van der Waals surface area contributed by atoms with E-state index < -0.39 is 153 Å². The number of carbonyl (C=O) groups excluding carboxylic acids is 12. The number of hydrogen-bond acceptors (Lipinski definition) is 18. The number of hydrogen-bond donors (Lipinski definition) is 13. The molecule has 110 heavy (non-hydrogen) atoms. The minimum Gasteiger partial charge on any atom is -0.343 e. The highest BCUT2D eigenvalue weighted by atomic mass is 32.2. The van der Waals surface area contributed by atoms with Crippen LogP contribution in [0, 0.1) is 23.7 Å². The van der Waals surface area contributed by atoms with E-state index in [0.717, 1.165) is 41.6 Å². The molecular weight excluding hydrogens is 1440 g/mol. The van der Waals surface area contributed by atoms with Crippen LogP contribution in [0.15, 0.2) is 74.6 Å². The third kappa shape index (κ3) is 21.9. The summed E-state index contributed by atoms with van der Waals surface area (Å²) >= 11 is 2.81.